The molecule has 1 rings (SSSR count). The minimum atomic E-state index is -4.17. The molecule has 0 aliphatic carbocycles. The Kier molecular flexibility index (Phi) is 9.34. The van der Waals surface area contributed by atoms with Crippen LogP contribution in [0.25, 0.3) is 0 Å². The predicted octanol–water partition coefficient (Wildman–Crippen LogP) is 2.27. The van der Waals surface area contributed by atoms with E-state index in [1.54, 1.807) is 11.8 Å². The lowest BCUT2D eigenvalue weighted by Crippen LogP contribution is -2.43. The number of hydrogen-bond donors (Lipinski definition) is 1. The largest absolute Gasteiger partial charge is 0.401 e. The van der Waals surface area contributed by atoms with Crippen molar-refractivity contribution >= 4 is 18.3 Å². The summed E-state index contributed by atoms with van der Waals surface area (Å²) in [6.45, 7) is 4.66. The summed E-state index contributed by atoms with van der Waals surface area (Å²) < 4.78 is 37.3. The Morgan fingerprint density at radius 2 is 2.05 bits per heavy atom. The van der Waals surface area contributed by atoms with Crippen LogP contribution >= 0.6 is 12.4 Å². The van der Waals surface area contributed by atoms with Gasteiger partial charge in [-0.1, -0.05) is 20.3 Å². The van der Waals surface area contributed by atoms with E-state index in [0.29, 0.717) is 32.6 Å². The standard InChI is InChI=1S/C14H26F3N3O.ClH/c1-3-5-12(18)13(21)20-7-6-11(9-20)8-19(4-2)10-14(15,16)17;/h11-12H,3-10,18H2,1-2H3;1H. The second-order valence-electron chi connectivity index (χ2n) is 5.78. The highest BCUT2D eigenvalue weighted by Gasteiger charge is 2.33. The van der Waals surface area contributed by atoms with Crippen molar-refractivity contribution in [2.24, 2.45) is 11.7 Å². The van der Waals surface area contributed by atoms with Crippen molar-refractivity contribution in [1.82, 2.24) is 9.80 Å². The van der Waals surface area contributed by atoms with Crippen LogP contribution in [0.15, 0.2) is 0 Å². The topological polar surface area (TPSA) is 49.6 Å². The van der Waals surface area contributed by atoms with Gasteiger partial charge in [0.05, 0.1) is 12.6 Å². The first-order chi connectivity index (χ1) is 9.76. The third-order valence-corrected chi connectivity index (χ3v) is 3.88. The van der Waals surface area contributed by atoms with Gasteiger partial charge in [0.1, 0.15) is 0 Å². The van der Waals surface area contributed by atoms with Gasteiger partial charge in [-0.05, 0) is 25.3 Å². The van der Waals surface area contributed by atoms with Crippen molar-refractivity contribution in [3.05, 3.63) is 0 Å². The van der Waals surface area contributed by atoms with E-state index in [1.165, 1.54) is 4.90 Å². The first-order valence-corrected chi connectivity index (χ1v) is 7.60. The molecule has 1 heterocycles. The number of likely N-dealkylation sites (tertiary alicyclic amines) is 1. The molecule has 1 fully saturated rings. The van der Waals surface area contributed by atoms with E-state index in [1.807, 2.05) is 6.92 Å². The second-order valence-corrected chi connectivity index (χ2v) is 5.78. The van der Waals surface area contributed by atoms with Crippen molar-refractivity contribution in [3.8, 4) is 0 Å². The van der Waals surface area contributed by atoms with Crippen molar-refractivity contribution in [2.75, 3.05) is 32.7 Å². The van der Waals surface area contributed by atoms with Gasteiger partial charge < -0.3 is 10.6 Å². The fraction of sp³-hybridized carbons (Fsp3) is 0.929. The van der Waals surface area contributed by atoms with Gasteiger partial charge in [-0.3, -0.25) is 9.69 Å². The highest BCUT2D eigenvalue weighted by molar-refractivity contribution is 5.85. The van der Waals surface area contributed by atoms with E-state index in [0.717, 1.165) is 12.8 Å². The summed E-state index contributed by atoms with van der Waals surface area (Å²) in [5.74, 6) is 0.0308. The molecule has 1 amide bonds. The van der Waals surface area contributed by atoms with Gasteiger partial charge in [0.25, 0.3) is 0 Å². The summed E-state index contributed by atoms with van der Waals surface area (Å²) in [6.07, 6.45) is -1.93. The van der Waals surface area contributed by atoms with Crippen LogP contribution in [-0.2, 0) is 4.79 Å². The van der Waals surface area contributed by atoms with Crippen molar-refractivity contribution in [3.63, 3.8) is 0 Å². The lowest BCUT2D eigenvalue weighted by Gasteiger charge is -2.25. The smallest absolute Gasteiger partial charge is 0.341 e. The Hall–Kier alpha value is -0.530. The molecule has 0 aromatic rings. The molecule has 0 radical (unpaired) electrons. The lowest BCUT2D eigenvalue weighted by molar-refractivity contribution is -0.146. The molecule has 2 N–H and O–H groups in total. The normalized spacial score (nSPS) is 20.1. The van der Waals surface area contributed by atoms with Crippen LogP contribution in [0.5, 0.6) is 0 Å². The molecule has 0 aromatic carbocycles. The van der Waals surface area contributed by atoms with Gasteiger partial charge in [0.2, 0.25) is 5.91 Å². The average Bonchev–Trinajstić information content (AvgIpc) is 2.84. The maximum absolute atomic E-state index is 12.4. The number of halogens is 4. The first-order valence-electron chi connectivity index (χ1n) is 7.60. The third kappa shape index (κ3) is 7.15. The zero-order valence-corrected chi connectivity index (χ0v) is 14.1. The van der Waals surface area contributed by atoms with E-state index in [2.05, 4.69) is 0 Å². The predicted molar refractivity (Wildman–Crippen MR) is 83.0 cm³/mol. The van der Waals surface area contributed by atoms with E-state index in [9.17, 15) is 18.0 Å². The molecule has 0 saturated carbocycles. The van der Waals surface area contributed by atoms with Crippen LogP contribution in [0.4, 0.5) is 13.2 Å². The number of hydrogen-bond acceptors (Lipinski definition) is 3. The number of alkyl halides is 3. The number of nitrogens with two attached hydrogens (primary N) is 1. The minimum absolute atomic E-state index is 0. The Labute approximate surface area is 136 Å². The van der Waals surface area contributed by atoms with E-state index in [4.69, 9.17) is 5.73 Å². The summed E-state index contributed by atoms with van der Waals surface area (Å²) in [6, 6.07) is -0.480. The Bertz CT molecular complexity index is 342. The van der Waals surface area contributed by atoms with Crippen molar-refractivity contribution in [1.29, 1.82) is 0 Å². The number of nitrogens with zero attached hydrogens (tertiary/aromatic N) is 2. The fourth-order valence-corrected chi connectivity index (χ4v) is 2.77. The summed E-state index contributed by atoms with van der Waals surface area (Å²) >= 11 is 0. The minimum Gasteiger partial charge on any atom is -0.341 e. The van der Waals surface area contributed by atoms with Crippen LogP contribution in [0.3, 0.4) is 0 Å². The van der Waals surface area contributed by atoms with Gasteiger partial charge in [-0.25, -0.2) is 0 Å². The fourth-order valence-electron chi connectivity index (χ4n) is 2.77. The lowest BCUT2D eigenvalue weighted by atomic mass is 10.1. The molecule has 0 spiro atoms. The van der Waals surface area contributed by atoms with E-state index in [-0.39, 0.29) is 24.2 Å². The quantitative estimate of drug-likeness (QED) is 0.770. The second kappa shape index (κ2) is 9.57. The molecule has 8 heteroatoms. The number of rotatable bonds is 7. The number of carbonyl (C=O) groups excluding carboxylic acids is 1. The Balaban J connectivity index is 0.00000441. The molecule has 0 aromatic heterocycles. The highest BCUT2D eigenvalue weighted by Crippen LogP contribution is 2.21. The molecule has 1 aliphatic heterocycles. The average molecular weight is 346 g/mol. The van der Waals surface area contributed by atoms with Crippen molar-refractivity contribution < 1.29 is 18.0 Å². The van der Waals surface area contributed by atoms with Crippen LogP contribution in [-0.4, -0.2) is 60.6 Å². The van der Waals surface area contributed by atoms with Gasteiger partial charge in [0, 0.05) is 19.6 Å². The monoisotopic (exact) mass is 345 g/mol. The zero-order valence-electron chi connectivity index (χ0n) is 13.2. The van der Waals surface area contributed by atoms with Crippen molar-refractivity contribution in [2.45, 2.75) is 45.3 Å². The van der Waals surface area contributed by atoms with E-state index >= 15 is 0 Å². The SMILES string of the molecule is CCCC(N)C(=O)N1CCC(CN(CC)CC(F)(F)F)C1.Cl. The van der Waals surface area contributed by atoms with Crippen LogP contribution in [0.1, 0.15) is 33.1 Å². The molecule has 132 valence electrons. The molecule has 2 atom stereocenters. The molecule has 0 bridgehead atoms. The van der Waals surface area contributed by atoms with Gasteiger partial charge in [0.15, 0.2) is 0 Å². The molecule has 22 heavy (non-hydrogen) atoms. The summed E-state index contributed by atoms with van der Waals surface area (Å²) in [4.78, 5) is 15.2. The molecule has 1 aliphatic rings. The molecule has 4 nitrogen and oxygen atoms in total. The highest BCUT2D eigenvalue weighted by atomic mass is 35.5. The maximum atomic E-state index is 12.4. The van der Waals surface area contributed by atoms with Gasteiger partial charge >= 0.3 is 6.18 Å². The summed E-state index contributed by atoms with van der Waals surface area (Å²) in [5, 5.41) is 0. The van der Waals surface area contributed by atoms with Gasteiger partial charge in [-0.15, -0.1) is 12.4 Å². The maximum Gasteiger partial charge on any atom is 0.401 e. The number of amides is 1. The van der Waals surface area contributed by atoms with Crippen LogP contribution in [0.2, 0.25) is 0 Å². The molecular weight excluding hydrogens is 319 g/mol. The molecular formula is C14H27ClF3N3O. The molecule has 2 unspecified atom stereocenters. The van der Waals surface area contributed by atoms with Crippen LogP contribution < -0.4 is 5.73 Å². The summed E-state index contributed by atoms with van der Waals surface area (Å²) in [7, 11) is 0. The van der Waals surface area contributed by atoms with Gasteiger partial charge in [-0.2, -0.15) is 13.2 Å². The third-order valence-electron chi connectivity index (χ3n) is 3.88. The Morgan fingerprint density at radius 3 is 2.55 bits per heavy atom. The molecule has 1 saturated heterocycles. The zero-order chi connectivity index (χ0) is 16.0. The van der Waals surface area contributed by atoms with Crippen LogP contribution in [0, 0.1) is 5.92 Å². The van der Waals surface area contributed by atoms with E-state index < -0.39 is 18.8 Å². The first kappa shape index (κ1) is 21.5. The Morgan fingerprint density at radius 1 is 1.41 bits per heavy atom. The number of carbonyl (C=O) groups is 1. The summed E-state index contributed by atoms with van der Waals surface area (Å²) in [5.41, 5.74) is 5.81.